The van der Waals surface area contributed by atoms with Crippen molar-refractivity contribution in [2.24, 2.45) is 4.99 Å². The van der Waals surface area contributed by atoms with Crippen molar-refractivity contribution in [3.63, 3.8) is 0 Å². The van der Waals surface area contributed by atoms with Crippen LogP contribution in [-0.2, 0) is 0 Å². The number of nitrogens with one attached hydrogen (secondary N) is 1. The van der Waals surface area contributed by atoms with Gasteiger partial charge in [0.25, 0.3) is 5.69 Å². The van der Waals surface area contributed by atoms with E-state index in [1.807, 2.05) is 0 Å². The van der Waals surface area contributed by atoms with Gasteiger partial charge in [0.05, 0.1) is 22.9 Å². The molecule has 2 aromatic rings. The minimum atomic E-state index is -0.420. The molecule has 1 aliphatic rings. The van der Waals surface area contributed by atoms with Gasteiger partial charge >= 0.3 is 0 Å². The molecular weight excluding hydrogens is 270 g/mol. The van der Waals surface area contributed by atoms with Crippen molar-refractivity contribution in [3.8, 4) is 0 Å². The van der Waals surface area contributed by atoms with Crippen molar-refractivity contribution in [3.05, 3.63) is 64.2 Å². The van der Waals surface area contributed by atoms with Crippen LogP contribution in [0.3, 0.4) is 0 Å². The number of nitro benzene ring substituents is 1. The van der Waals surface area contributed by atoms with Crippen LogP contribution in [0.5, 0.6) is 0 Å². The Labute approximate surface area is 120 Å². The predicted molar refractivity (Wildman–Crippen MR) is 78.4 cm³/mol. The highest BCUT2D eigenvalue weighted by Crippen LogP contribution is 2.27. The second kappa shape index (κ2) is 5.49. The summed E-state index contributed by atoms with van der Waals surface area (Å²) in [5.41, 5.74) is 3.20. The zero-order valence-corrected chi connectivity index (χ0v) is 10.9. The number of hydrogen-bond donors (Lipinski definition) is 1. The maximum Gasteiger partial charge on any atom is 0.269 e. The van der Waals surface area contributed by atoms with Gasteiger partial charge in [-0.3, -0.25) is 15.1 Å². The SMILES string of the molecule is O=[N+]([O-])c1ccc(C2=C(c3cncnc3)N=CCN2)cc1. The van der Waals surface area contributed by atoms with Crippen LogP contribution in [0.4, 0.5) is 5.69 Å². The molecule has 0 saturated carbocycles. The molecule has 0 unspecified atom stereocenters. The lowest BCUT2D eigenvalue weighted by Crippen LogP contribution is -2.20. The first-order chi connectivity index (χ1) is 10.3. The molecular formula is C14H11N5O2. The topological polar surface area (TPSA) is 93.3 Å². The fraction of sp³-hybridized carbons (Fsp3) is 0.0714. The summed E-state index contributed by atoms with van der Waals surface area (Å²) in [7, 11) is 0. The van der Waals surface area contributed by atoms with Crippen LogP contribution in [0.25, 0.3) is 11.4 Å². The number of nitrogens with zero attached hydrogens (tertiary/aromatic N) is 4. The highest BCUT2D eigenvalue weighted by Gasteiger charge is 2.15. The van der Waals surface area contributed by atoms with Gasteiger partial charge in [0, 0.05) is 41.9 Å². The van der Waals surface area contributed by atoms with E-state index in [0.717, 1.165) is 22.5 Å². The molecule has 0 atom stereocenters. The van der Waals surface area contributed by atoms with Crippen molar-refractivity contribution in [2.75, 3.05) is 6.54 Å². The third-order valence-corrected chi connectivity index (χ3v) is 3.03. The largest absolute Gasteiger partial charge is 0.378 e. The molecule has 0 radical (unpaired) electrons. The number of benzene rings is 1. The molecule has 0 bridgehead atoms. The number of rotatable bonds is 3. The van der Waals surface area contributed by atoms with Crippen molar-refractivity contribution >= 4 is 23.3 Å². The normalized spacial score (nSPS) is 13.9. The number of nitro groups is 1. The number of non-ortho nitro benzene ring substituents is 1. The fourth-order valence-corrected chi connectivity index (χ4v) is 2.06. The van der Waals surface area contributed by atoms with Crippen molar-refractivity contribution < 1.29 is 4.92 Å². The Balaban J connectivity index is 2.06. The first kappa shape index (κ1) is 12.9. The second-order valence-corrected chi connectivity index (χ2v) is 4.35. The number of aromatic nitrogens is 2. The quantitative estimate of drug-likeness (QED) is 0.685. The minimum absolute atomic E-state index is 0.0586. The van der Waals surface area contributed by atoms with Gasteiger partial charge in [-0.25, -0.2) is 9.97 Å². The van der Waals surface area contributed by atoms with E-state index < -0.39 is 4.92 Å². The average Bonchev–Trinajstić information content (AvgIpc) is 2.56. The summed E-state index contributed by atoms with van der Waals surface area (Å²) in [5.74, 6) is 0. The molecule has 0 amide bonds. The summed E-state index contributed by atoms with van der Waals surface area (Å²) in [6, 6.07) is 6.35. The lowest BCUT2D eigenvalue weighted by atomic mass is 10.1. The zero-order chi connectivity index (χ0) is 14.7. The van der Waals surface area contributed by atoms with E-state index in [9.17, 15) is 10.1 Å². The van der Waals surface area contributed by atoms with E-state index in [1.54, 1.807) is 30.7 Å². The smallest absolute Gasteiger partial charge is 0.269 e. The molecule has 0 saturated heterocycles. The molecule has 2 heterocycles. The van der Waals surface area contributed by atoms with E-state index in [2.05, 4.69) is 20.3 Å². The first-order valence-corrected chi connectivity index (χ1v) is 6.26. The maximum atomic E-state index is 10.7. The van der Waals surface area contributed by atoms with Crippen LogP contribution < -0.4 is 5.32 Å². The Morgan fingerprint density at radius 2 is 1.81 bits per heavy atom. The van der Waals surface area contributed by atoms with Crippen molar-refractivity contribution in [1.29, 1.82) is 0 Å². The molecule has 1 aromatic heterocycles. The number of hydrogen-bond acceptors (Lipinski definition) is 6. The second-order valence-electron chi connectivity index (χ2n) is 4.35. The predicted octanol–water partition coefficient (Wildman–Crippen LogP) is 1.88. The summed E-state index contributed by atoms with van der Waals surface area (Å²) in [4.78, 5) is 22.7. The van der Waals surface area contributed by atoms with Gasteiger partial charge in [-0.1, -0.05) is 0 Å². The fourth-order valence-electron chi connectivity index (χ4n) is 2.06. The molecule has 7 nitrogen and oxygen atoms in total. The molecule has 1 aliphatic heterocycles. The molecule has 104 valence electrons. The van der Waals surface area contributed by atoms with Crippen LogP contribution in [0.1, 0.15) is 11.1 Å². The molecule has 0 fully saturated rings. The summed E-state index contributed by atoms with van der Waals surface area (Å²) in [6.45, 7) is 0.601. The molecule has 7 heteroatoms. The monoisotopic (exact) mass is 281 g/mol. The molecule has 3 rings (SSSR count). The van der Waals surface area contributed by atoms with E-state index in [1.165, 1.54) is 18.5 Å². The summed E-state index contributed by atoms with van der Waals surface area (Å²) in [6.07, 6.45) is 6.57. The van der Waals surface area contributed by atoms with E-state index in [4.69, 9.17) is 0 Å². The van der Waals surface area contributed by atoms with Gasteiger partial charge in [0.1, 0.15) is 6.33 Å². The van der Waals surface area contributed by atoms with Gasteiger partial charge in [-0.15, -0.1) is 0 Å². The van der Waals surface area contributed by atoms with Crippen LogP contribution in [0.2, 0.25) is 0 Å². The Hall–Kier alpha value is -3.09. The third-order valence-electron chi connectivity index (χ3n) is 3.03. The van der Waals surface area contributed by atoms with Crippen LogP contribution in [-0.4, -0.2) is 27.7 Å². The molecule has 0 aliphatic carbocycles. The van der Waals surface area contributed by atoms with Gasteiger partial charge < -0.3 is 5.32 Å². The van der Waals surface area contributed by atoms with Gasteiger partial charge in [-0.05, 0) is 12.1 Å². The highest BCUT2D eigenvalue weighted by molar-refractivity contribution is 5.94. The highest BCUT2D eigenvalue weighted by atomic mass is 16.6. The van der Waals surface area contributed by atoms with Gasteiger partial charge in [0.15, 0.2) is 0 Å². The van der Waals surface area contributed by atoms with E-state index >= 15 is 0 Å². The minimum Gasteiger partial charge on any atom is -0.378 e. The summed E-state index contributed by atoms with van der Waals surface area (Å²) < 4.78 is 0. The number of aliphatic imine (C=N–C) groups is 1. The van der Waals surface area contributed by atoms with Gasteiger partial charge in [0.2, 0.25) is 0 Å². The molecule has 21 heavy (non-hydrogen) atoms. The zero-order valence-electron chi connectivity index (χ0n) is 10.9. The Kier molecular flexibility index (Phi) is 3.38. The Bertz CT molecular complexity index is 723. The standard InChI is InChI=1S/C14H11N5O2/c20-19(21)12-3-1-10(2-4-12)13-14(18-6-5-17-13)11-7-15-9-16-8-11/h1-4,6-9,17H,5H2. The van der Waals surface area contributed by atoms with E-state index in [-0.39, 0.29) is 5.69 Å². The van der Waals surface area contributed by atoms with Crippen molar-refractivity contribution in [2.45, 2.75) is 0 Å². The lowest BCUT2D eigenvalue weighted by molar-refractivity contribution is -0.384. The molecule has 1 N–H and O–H groups in total. The van der Waals surface area contributed by atoms with Crippen LogP contribution >= 0.6 is 0 Å². The van der Waals surface area contributed by atoms with Crippen molar-refractivity contribution in [1.82, 2.24) is 15.3 Å². The van der Waals surface area contributed by atoms with Crippen LogP contribution in [0, 0.1) is 10.1 Å². The lowest BCUT2D eigenvalue weighted by Gasteiger charge is -2.17. The van der Waals surface area contributed by atoms with Gasteiger partial charge in [-0.2, -0.15) is 0 Å². The maximum absolute atomic E-state index is 10.7. The summed E-state index contributed by atoms with van der Waals surface area (Å²) in [5, 5.41) is 13.9. The van der Waals surface area contributed by atoms with E-state index in [0.29, 0.717) is 6.54 Å². The summed E-state index contributed by atoms with van der Waals surface area (Å²) >= 11 is 0. The molecule has 1 aromatic carbocycles. The third kappa shape index (κ3) is 2.62. The first-order valence-electron chi connectivity index (χ1n) is 6.26. The van der Waals surface area contributed by atoms with Crippen LogP contribution in [0.15, 0.2) is 48.0 Å². The Morgan fingerprint density at radius 1 is 1.10 bits per heavy atom. The average molecular weight is 281 g/mol. The molecule has 0 spiro atoms. The Morgan fingerprint density at radius 3 is 2.48 bits per heavy atom.